The van der Waals surface area contributed by atoms with E-state index in [2.05, 4.69) is 21.0 Å². The van der Waals surface area contributed by atoms with Crippen LogP contribution < -0.4 is 5.73 Å². The van der Waals surface area contributed by atoms with E-state index >= 15 is 0 Å². The van der Waals surface area contributed by atoms with Crippen molar-refractivity contribution in [2.24, 2.45) is 7.05 Å². The second-order valence-electron chi connectivity index (χ2n) is 4.35. The topological polar surface area (TPSA) is 57.0 Å². The number of halogens is 2. The van der Waals surface area contributed by atoms with Crippen LogP contribution in [0, 0.1) is 0 Å². The van der Waals surface area contributed by atoms with Crippen LogP contribution in [0.5, 0.6) is 0 Å². The van der Waals surface area contributed by atoms with Crippen LogP contribution in [0.1, 0.15) is 0 Å². The number of hydrogen-bond donors (Lipinski definition) is 1. The van der Waals surface area contributed by atoms with E-state index in [4.69, 9.17) is 21.8 Å². The first-order chi connectivity index (χ1) is 9.56. The zero-order valence-electron chi connectivity index (χ0n) is 10.6. The number of rotatable bonds is 2. The molecular weight excluding hydrogens is 342 g/mol. The predicted octanol–water partition coefficient (Wildman–Crippen LogP) is 4.35. The van der Waals surface area contributed by atoms with E-state index in [0.717, 1.165) is 15.6 Å². The van der Waals surface area contributed by atoms with Gasteiger partial charge >= 0.3 is 0 Å². The largest absolute Gasteiger partial charge is 0.443 e. The predicted molar refractivity (Wildman–Crippen MR) is 83.5 cm³/mol. The lowest BCUT2D eigenvalue weighted by atomic mass is 10.0. The highest BCUT2D eigenvalue weighted by Gasteiger charge is 2.19. The maximum Gasteiger partial charge on any atom is 0.194 e. The third kappa shape index (κ3) is 2.23. The van der Waals surface area contributed by atoms with Crippen molar-refractivity contribution in [2.45, 2.75) is 0 Å². The molecule has 0 radical (unpaired) electrons. The Kier molecular flexibility index (Phi) is 3.31. The second kappa shape index (κ2) is 5.00. The molecule has 2 heterocycles. The highest BCUT2D eigenvalue weighted by Crippen LogP contribution is 2.37. The average molecular weight is 353 g/mol. The van der Waals surface area contributed by atoms with Gasteiger partial charge in [0.2, 0.25) is 0 Å². The standard InChI is InChI=1S/C14H11BrClN3O/c1-19-14(17)12(8-3-2-4-9(15)7-8)13(18-19)10-5-6-11(16)20-10/h2-7H,17H2,1H3. The van der Waals surface area contributed by atoms with Crippen LogP contribution in [0.4, 0.5) is 5.82 Å². The molecule has 0 amide bonds. The van der Waals surface area contributed by atoms with E-state index < -0.39 is 0 Å². The van der Waals surface area contributed by atoms with Crippen molar-refractivity contribution in [3.05, 3.63) is 46.1 Å². The molecule has 0 atom stereocenters. The molecule has 2 aromatic heterocycles. The Bertz CT molecular complexity index is 779. The first kappa shape index (κ1) is 13.3. The highest BCUT2D eigenvalue weighted by atomic mass is 79.9. The van der Waals surface area contributed by atoms with Crippen molar-refractivity contribution in [1.29, 1.82) is 0 Å². The lowest BCUT2D eigenvalue weighted by Crippen LogP contribution is -1.97. The second-order valence-corrected chi connectivity index (χ2v) is 5.63. The third-order valence-corrected chi connectivity index (χ3v) is 3.71. The van der Waals surface area contributed by atoms with E-state index in [1.165, 1.54) is 0 Å². The van der Waals surface area contributed by atoms with Crippen molar-refractivity contribution < 1.29 is 4.42 Å². The van der Waals surface area contributed by atoms with Gasteiger partial charge in [0.05, 0.1) is 5.56 Å². The molecule has 6 heteroatoms. The fourth-order valence-corrected chi connectivity index (χ4v) is 2.62. The molecule has 0 aliphatic heterocycles. The summed E-state index contributed by atoms with van der Waals surface area (Å²) in [5, 5.41) is 4.75. The minimum Gasteiger partial charge on any atom is -0.443 e. The van der Waals surface area contributed by atoms with Crippen LogP contribution in [0.3, 0.4) is 0 Å². The van der Waals surface area contributed by atoms with E-state index in [-0.39, 0.29) is 0 Å². The maximum atomic E-state index is 6.14. The molecule has 0 fully saturated rings. The molecule has 0 saturated carbocycles. The van der Waals surface area contributed by atoms with Gasteiger partial charge in [-0.15, -0.1) is 0 Å². The van der Waals surface area contributed by atoms with Gasteiger partial charge in [-0.1, -0.05) is 28.1 Å². The van der Waals surface area contributed by atoms with Gasteiger partial charge in [0.15, 0.2) is 11.0 Å². The molecule has 1 aromatic carbocycles. The summed E-state index contributed by atoms with van der Waals surface area (Å²) in [5.41, 5.74) is 8.61. The molecule has 4 nitrogen and oxygen atoms in total. The number of aromatic nitrogens is 2. The lowest BCUT2D eigenvalue weighted by Gasteiger charge is -2.03. The molecule has 3 aromatic rings. The Morgan fingerprint density at radius 1 is 1.30 bits per heavy atom. The summed E-state index contributed by atoms with van der Waals surface area (Å²) in [6.07, 6.45) is 0. The molecular formula is C14H11BrClN3O. The average Bonchev–Trinajstić information content (AvgIpc) is 2.95. The molecule has 0 saturated heterocycles. The Morgan fingerprint density at radius 3 is 2.75 bits per heavy atom. The number of nitrogens with zero attached hydrogens (tertiary/aromatic N) is 2. The monoisotopic (exact) mass is 351 g/mol. The van der Waals surface area contributed by atoms with Gasteiger partial charge in [0.1, 0.15) is 11.5 Å². The summed E-state index contributed by atoms with van der Waals surface area (Å²) in [7, 11) is 1.80. The fraction of sp³-hybridized carbons (Fsp3) is 0.0714. The maximum absolute atomic E-state index is 6.14. The van der Waals surface area contributed by atoms with Crippen molar-refractivity contribution in [3.63, 3.8) is 0 Å². The van der Waals surface area contributed by atoms with Gasteiger partial charge in [-0.05, 0) is 41.4 Å². The molecule has 2 N–H and O–H groups in total. The Balaban J connectivity index is 2.24. The number of nitrogen functional groups attached to an aromatic ring is 1. The van der Waals surface area contributed by atoms with Gasteiger partial charge in [-0.25, -0.2) is 0 Å². The summed E-state index contributed by atoms with van der Waals surface area (Å²) >= 11 is 9.30. The molecule has 0 bridgehead atoms. The zero-order valence-corrected chi connectivity index (χ0v) is 12.9. The first-order valence-corrected chi connectivity index (χ1v) is 7.07. The fourth-order valence-electron chi connectivity index (χ4n) is 2.08. The molecule has 0 aliphatic carbocycles. The Labute approximate surface area is 129 Å². The SMILES string of the molecule is Cn1nc(-c2ccc(Cl)o2)c(-c2cccc(Br)c2)c1N. The van der Waals surface area contributed by atoms with Crippen LogP contribution >= 0.6 is 27.5 Å². The minimum absolute atomic E-state index is 0.324. The smallest absolute Gasteiger partial charge is 0.194 e. The number of anilines is 1. The van der Waals surface area contributed by atoms with Crippen LogP contribution in [0.2, 0.25) is 5.22 Å². The summed E-state index contributed by atoms with van der Waals surface area (Å²) in [4.78, 5) is 0. The normalized spacial score (nSPS) is 10.9. The van der Waals surface area contributed by atoms with Crippen LogP contribution in [0.25, 0.3) is 22.6 Å². The highest BCUT2D eigenvalue weighted by molar-refractivity contribution is 9.10. The van der Waals surface area contributed by atoms with E-state index in [1.54, 1.807) is 23.9 Å². The van der Waals surface area contributed by atoms with Crippen molar-refractivity contribution in [1.82, 2.24) is 9.78 Å². The molecule has 102 valence electrons. The van der Waals surface area contributed by atoms with Gasteiger partial charge < -0.3 is 10.2 Å². The minimum atomic E-state index is 0.324. The molecule has 3 rings (SSSR count). The van der Waals surface area contributed by atoms with Gasteiger partial charge in [-0.2, -0.15) is 5.10 Å². The van der Waals surface area contributed by atoms with E-state index in [1.807, 2.05) is 24.3 Å². The molecule has 0 aliphatic rings. The van der Waals surface area contributed by atoms with Gasteiger partial charge in [0, 0.05) is 11.5 Å². The first-order valence-electron chi connectivity index (χ1n) is 5.90. The Morgan fingerprint density at radius 2 is 2.10 bits per heavy atom. The van der Waals surface area contributed by atoms with Crippen LogP contribution in [0.15, 0.2) is 45.3 Å². The summed E-state index contributed by atoms with van der Waals surface area (Å²) in [5.74, 6) is 1.17. The van der Waals surface area contributed by atoms with Crippen molar-refractivity contribution >= 4 is 33.3 Å². The van der Waals surface area contributed by atoms with Crippen molar-refractivity contribution in [3.8, 4) is 22.6 Å². The van der Waals surface area contributed by atoms with Gasteiger partial charge in [-0.3, -0.25) is 4.68 Å². The summed E-state index contributed by atoms with van der Waals surface area (Å²) in [6.45, 7) is 0. The Hall–Kier alpha value is -1.72. The number of hydrogen-bond acceptors (Lipinski definition) is 3. The quantitative estimate of drug-likeness (QED) is 0.746. The number of furan rings is 1. The lowest BCUT2D eigenvalue weighted by molar-refractivity contribution is 0.580. The number of nitrogens with two attached hydrogens (primary N) is 1. The van der Waals surface area contributed by atoms with Crippen molar-refractivity contribution in [2.75, 3.05) is 5.73 Å². The van der Waals surface area contributed by atoms with Gasteiger partial charge in [0.25, 0.3) is 0 Å². The molecule has 0 spiro atoms. The molecule has 20 heavy (non-hydrogen) atoms. The summed E-state index contributed by atoms with van der Waals surface area (Å²) < 4.78 is 8.05. The van der Waals surface area contributed by atoms with E-state index in [0.29, 0.717) is 22.5 Å². The summed E-state index contributed by atoms with van der Waals surface area (Å²) in [6, 6.07) is 11.3. The van der Waals surface area contributed by atoms with E-state index in [9.17, 15) is 0 Å². The third-order valence-electron chi connectivity index (χ3n) is 3.01. The number of benzene rings is 1. The molecule has 0 unspecified atom stereocenters. The number of aryl methyl sites for hydroxylation is 1. The van der Waals surface area contributed by atoms with Crippen LogP contribution in [-0.2, 0) is 7.05 Å². The van der Waals surface area contributed by atoms with Crippen LogP contribution in [-0.4, -0.2) is 9.78 Å². The zero-order chi connectivity index (χ0) is 14.3.